The third-order valence-electron chi connectivity index (χ3n) is 5.14. The van der Waals surface area contributed by atoms with Crippen LogP contribution in [0.15, 0.2) is 83.7 Å². The Kier molecular flexibility index (Phi) is 7.04. The first-order valence-corrected chi connectivity index (χ1v) is 11.4. The van der Waals surface area contributed by atoms with Crippen LogP contribution >= 0.6 is 11.3 Å². The molecule has 1 aromatic heterocycles. The molecule has 9 nitrogen and oxygen atoms in total. The lowest BCUT2D eigenvalue weighted by atomic mass is 10.2. The molecule has 4 aromatic rings. The number of amides is 1. The Morgan fingerprint density at radius 2 is 1.75 bits per heavy atom. The first-order chi connectivity index (χ1) is 17.4. The van der Waals surface area contributed by atoms with Crippen LogP contribution in [-0.2, 0) is 4.79 Å². The van der Waals surface area contributed by atoms with Crippen molar-refractivity contribution in [3.05, 3.63) is 114 Å². The Labute approximate surface area is 208 Å². The van der Waals surface area contributed by atoms with E-state index >= 15 is 0 Å². The van der Waals surface area contributed by atoms with Gasteiger partial charge in [0, 0.05) is 17.8 Å². The minimum atomic E-state index is -0.671. The number of hydrogen-bond acceptors (Lipinski definition) is 7. The number of methoxy groups -OCH3 is 1. The number of nitriles is 1. The topological polar surface area (TPSA) is 127 Å². The van der Waals surface area contributed by atoms with Gasteiger partial charge in [0.25, 0.3) is 17.2 Å². The fraction of sp³-hybridized carbons (Fsp3) is 0.0385. The Hall–Kier alpha value is -5.01. The molecular formula is C26H18N4O5S. The van der Waals surface area contributed by atoms with Gasteiger partial charge in [-0.15, -0.1) is 11.3 Å². The first-order valence-electron chi connectivity index (χ1n) is 10.5. The zero-order chi connectivity index (χ0) is 25.7. The molecule has 0 radical (unpaired) electrons. The van der Waals surface area contributed by atoms with Crippen LogP contribution in [-0.4, -0.2) is 22.5 Å². The monoisotopic (exact) mass is 498 g/mol. The molecule has 0 aliphatic heterocycles. The van der Waals surface area contributed by atoms with Crippen LogP contribution in [0.5, 0.6) is 5.75 Å². The highest BCUT2D eigenvalue weighted by Gasteiger charge is 2.17. The maximum absolute atomic E-state index is 13.4. The van der Waals surface area contributed by atoms with E-state index in [4.69, 9.17) is 4.74 Å². The van der Waals surface area contributed by atoms with Crippen molar-refractivity contribution in [2.45, 2.75) is 0 Å². The lowest BCUT2D eigenvalue weighted by molar-refractivity contribution is -0.384. The normalized spacial score (nSPS) is 11.9. The van der Waals surface area contributed by atoms with E-state index in [0.717, 1.165) is 11.3 Å². The Bertz CT molecular complexity index is 1650. The van der Waals surface area contributed by atoms with E-state index in [1.165, 1.54) is 35.9 Å². The number of nitrogens with zero attached hydrogens (tertiary/aromatic N) is 3. The number of thiazole rings is 1. The zero-order valence-corrected chi connectivity index (χ0v) is 19.7. The molecule has 0 fully saturated rings. The lowest BCUT2D eigenvalue weighted by Crippen LogP contribution is -2.32. The molecule has 178 valence electrons. The third-order valence-corrected chi connectivity index (χ3v) is 6.23. The average molecular weight is 499 g/mol. The van der Waals surface area contributed by atoms with Crippen LogP contribution in [0.1, 0.15) is 5.56 Å². The molecule has 1 N–H and O–H groups in total. The summed E-state index contributed by atoms with van der Waals surface area (Å²) in [5.41, 5.74) is 0.770. The van der Waals surface area contributed by atoms with Gasteiger partial charge in [-0.1, -0.05) is 18.2 Å². The molecule has 0 aliphatic carbocycles. The van der Waals surface area contributed by atoms with Crippen molar-refractivity contribution < 1.29 is 14.5 Å². The second-order valence-electron chi connectivity index (χ2n) is 7.41. The SMILES string of the molecule is COc1ccc(NC(=O)/C(C#N)=c2/s/c(=C/c3ccc([N+](=O)[O-])cc3)c(=O)n2-c2ccccc2)cc1. The van der Waals surface area contributed by atoms with Gasteiger partial charge in [-0.05, 0) is 60.2 Å². The molecule has 0 atom stereocenters. The average Bonchev–Trinajstić information content (AvgIpc) is 3.21. The maximum Gasteiger partial charge on any atom is 0.273 e. The van der Waals surface area contributed by atoms with Crippen molar-refractivity contribution in [1.82, 2.24) is 4.57 Å². The Morgan fingerprint density at radius 1 is 1.08 bits per heavy atom. The molecule has 0 bridgehead atoms. The quantitative estimate of drug-likeness (QED) is 0.322. The molecule has 0 unspecified atom stereocenters. The van der Waals surface area contributed by atoms with E-state index in [1.807, 2.05) is 6.07 Å². The number of carbonyl (C=O) groups excluding carboxylic acids is 1. The van der Waals surface area contributed by atoms with E-state index < -0.39 is 16.4 Å². The largest absolute Gasteiger partial charge is 0.497 e. The summed E-state index contributed by atoms with van der Waals surface area (Å²) in [5.74, 6) is -0.0597. The van der Waals surface area contributed by atoms with Crippen LogP contribution in [0.3, 0.4) is 0 Å². The number of ether oxygens (including phenoxy) is 1. The van der Waals surface area contributed by atoms with Crippen LogP contribution in [0, 0.1) is 21.4 Å². The minimum absolute atomic E-state index is 0.0731. The van der Waals surface area contributed by atoms with Crippen molar-refractivity contribution >= 4 is 40.3 Å². The highest BCUT2D eigenvalue weighted by Crippen LogP contribution is 2.16. The fourth-order valence-corrected chi connectivity index (χ4v) is 4.47. The molecule has 10 heteroatoms. The van der Waals surface area contributed by atoms with Crippen molar-refractivity contribution in [2.24, 2.45) is 0 Å². The summed E-state index contributed by atoms with van der Waals surface area (Å²) in [7, 11) is 1.53. The van der Waals surface area contributed by atoms with Crippen LogP contribution in [0.25, 0.3) is 17.3 Å². The van der Waals surface area contributed by atoms with Gasteiger partial charge in [0.15, 0.2) is 5.57 Å². The van der Waals surface area contributed by atoms with Crippen LogP contribution in [0.4, 0.5) is 11.4 Å². The highest BCUT2D eigenvalue weighted by atomic mass is 32.1. The summed E-state index contributed by atoms with van der Waals surface area (Å²) in [5, 5.41) is 23.5. The predicted octanol–water partition coefficient (Wildman–Crippen LogP) is 2.96. The van der Waals surface area contributed by atoms with Gasteiger partial charge in [0.05, 0.1) is 22.3 Å². The number of non-ortho nitro benzene ring substituents is 1. The first kappa shape index (κ1) is 24.1. The van der Waals surface area contributed by atoms with E-state index in [-0.39, 0.29) is 20.5 Å². The fourth-order valence-electron chi connectivity index (χ4n) is 3.37. The molecule has 36 heavy (non-hydrogen) atoms. The Morgan fingerprint density at radius 3 is 2.33 bits per heavy atom. The van der Waals surface area contributed by atoms with Crippen molar-refractivity contribution in [3.63, 3.8) is 0 Å². The van der Waals surface area contributed by atoms with Gasteiger partial charge in [-0.2, -0.15) is 5.26 Å². The van der Waals surface area contributed by atoms with Gasteiger partial charge >= 0.3 is 0 Å². The van der Waals surface area contributed by atoms with Gasteiger partial charge in [-0.3, -0.25) is 24.3 Å². The number of anilines is 1. The number of benzene rings is 3. The van der Waals surface area contributed by atoms with Crippen molar-refractivity contribution in [2.75, 3.05) is 12.4 Å². The molecule has 0 saturated carbocycles. The second kappa shape index (κ2) is 10.5. The number of nitrogens with one attached hydrogen (secondary N) is 1. The summed E-state index contributed by atoms with van der Waals surface area (Å²) in [4.78, 5) is 36.9. The van der Waals surface area contributed by atoms with E-state index in [9.17, 15) is 25.0 Å². The highest BCUT2D eigenvalue weighted by molar-refractivity contribution is 7.07. The molecular weight excluding hydrogens is 480 g/mol. The number of rotatable bonds is 6. The molecule has 0 spiro atoms. The molecule has 1 amide bonds. The number of para-hydroxylation sites is 1. The lowest BCUT2D eigenvalue weighted by Gasteiger charge is -2.06. The smallest absolute Gasteiger partial charge is 0.273 e. The van der Waals surface area contributed by atoms with Gasteiger partial charge in [0.2, 0.25) is 0 Å². The second-order valence-corrected chi connectivity index (χ2v) is 8.44. The maximum atomic E-state index is 13.4. The zero-order valence-electron chi connectivity index (χ0n) is 18.9. The summed E-state index contributed by atoms with van der Waals surface area (Å²) in [6.45, 7) is 0. The van der Waals surface area contributed by atoms with Gasteiger partial charge in [0.1, 0.15) is 16.5 Å². The van der Waals surface area contributed by atoms with Crippen molar-refractivity contribution in [1.29, 1.82) is 5.26 Å². The minimum Gasteiger partial charge on any atom is -0.497 e. The number of nitro groups is 1. The Balaban J connectivity index is 1.88. The molecule has 4 rings (SSSR count). The number of carbonyl (C=O) groups is 1. The van der Waals surface area contributed by atoms with Crippen LogP contribution in [0.2, 0.25) is 0 Å². The molecule has 0 saturated heterocycles. The third kappa shape index (κ3) is 5.06. The molecule has 0 aliphatic rings. The number of nitro benzene ring substituents is 1. The summed E-state index contributed by atoms with van der Waals surface area (Å²) < 4.78 is 6.85. The van der Waals surface area contributed by atoms with Gasteiger partial charge in [-0.25, -0.2) is 0 Å². The van der Waals surface area contributed by atoms with Crippen molar-refractivity contribution in [3.8, 4) is 17.5 Å². The number of hydrogen-bond donors (Lipinski definition) is 1. The standard InChI is InChI=1S/C26H18N4O5S/c1-35-21-13-9-18(10-14-21)28-24(31)22(16-27)26-29(19-5-3-2-4-6-19)25(32)23(36-26)15-17-7-11-20(12-8-17)30(33)34/h2-15H,1H3,(H,28,31)/b23-15+,26-22+. The molecule has 1 heterocycles. The molecule has 3 aromatic carbocycles. The summed E-state index contributed by atoms with van der Waals surface area (Å²) >= 11 is 0.985. The summed E-state index contributed by atoms with van der Waals surface area (Å²) in [6, 6.07) is 22.9. The van der Waals surface area contributed by atoms with E-state index in [2.05, 4.69) is 5.32 Å². The van der Waals surface area contributed by atoms with E-state index in [0.29, 0.717) is 22.7 Å². The summed E-state index contributed by atoms with van der Waals surface area (Å²) in [6.07, 6.45) is 1.57. The number of aromatic nitrogens is 1. The van der Waals surface area contributed by atoms with Gasteiger partial charge < -0.3 is 10.1 Å². The van der Waals surface area contributed by atoms with Crippen LogP contribution < -0.4 is 24.8 Å². The van der Waals surface area contributed by atoms with E-state index in [1.54, 1.807) is 60.7 Å². The predicted molar refractivity (Wildman–Crippen MR) is 136 cm³/mol.